The van der Waals surface area contributed by atoms with Gasteiger partial charge in [0.25, 0.3) is 0 Å². The molecule has 0 unspecified atom stereocenters. The Morgan fingerprint density at radius 3 is 2.61 bits per heavy atom. The zero-order valence-corrected chi connectivity index (χ0v) is 21.0. The highest BCUT2D eigenvalue weighted by atomic mass is 127. The number of hydrogen-bond acceptors (Lipinski definition) is 6. The molecular formula is C21H36IN7O2. The van der Waals surface area contributed by atoms with Gasteiger partial charge in [-0.05, 0) is 31.7 Å². The van der Waals surface area contributed by atoms with Crippen LogP contribution in [0.2, 0.25) is 0 Å². The van der Waals surface area contributed by atoms with Crippen LogP contribution in [0.1, 0.15) is 26.2 Å². The number of aromatic nitrogens is 2. The number of piperazine rings is 1. The van der Waals surface area contributed by atoms with Crippen molar-refractivity contribution in [2.75, 3.05) is 71.0 Å². The molecule has 2 fully saturated rings. The molecule has 2 aliphatic rings. The fourth-order valence-electron chi connectivity index (χ4n) is 3.34. The first-order valence-corrected chi connectivity index (χ1v) is 11.0. The molecule has 2 heterocycles. The summed E-state index contributed by atoms with van der Waals surface area (Å²) in [5.41, 5.74) is 0. The molecule has 31 heavy (non-hydrogen) atoms. The Morgan fingerprint density at radius 1 is 1.26 bits per heavy atom. The molecule has 1 amide bonds. The van der Waals surface area contributed by atoms with E-state index in [1.165, 1.54) is 12.8 Å². The lowest BCUT2D eigenvalue weighted by molar-refractivity contribution is -0.131. The lowest BCUT2D eigenvalue weighted by Gasteiger charge is -2.34. The summed E-state index contributed by atoms with van der Waals surface area (Å²) in [7, 11) is 2.01. The molecular weight excluding hydrogens is 509 g/mol. The number of nitrogens with zero attached hydrogens (tertiary/aromatic N) is 6. The molecule has 0 bridgehead atoms. The van der Waals surface area contributed by atoms with Gasteiger partial charge in [0.15, 0.2) is 5.96 Å². The lowest BCUT2D eigenvalue weighted by atomic mass is 10.3. The van der Waals surface area contributed by atoms with E-state index in [9.17, 15) is 4.79 Å². The van der Waals surface area contributed by atoms with Crippen LogP contribution in [0.5, 0.6) is 0 Å². The number of hydrogen-bond donors (Lipinski definition) is 1. The van der Waals surface area contributed by atoms with Gasteiger partial charge in [-0.3, -0.25) is 9.79 Å². The van der Waals surface area contributed by atoms with Crippen LogP contribution >= 0.6 is 24.0 Å². The Labute approximate surface area is 202 Å². The van der Waals surface area contributed by atoms with Crippen molar-refractivity contribution >= 4 is 41.8 Å². The second-order valence-electron chi connectivity index (χ2n) is 7.84. The second kappa shape index (κ2) is 13.7. The third kappa shape index (κ3) is 8.76. The van der Waals surface area contributed by atoms with Crippen LogP contribution in [0.25, 0.3) is 0 Å². The molecule has 1 aliphatic carbocycles. The number of halogens is 1. The largest absolute Gasteiger partial charge is 0.379 e. The van der Waals surface area contributed by atoms with Crippen molar-refractivity contribution < 1.29 is 9.53 Å². The van der Waals surface area contributed by atoms with Crippen molar-refractivity contribution in [3.8, 4) is 0 Å². The van der Waals surface area contributed by atoms with Crippen LogP contribution in [0.4, 0.5) is 5.95 Å². The highest BCUT2D eigenvalue weighted by molar-refractivity contribution is 14.0. The van der Waals surface area contributed by atoms with Crippen molar-refractivity contribution in [2.45, 2.75) is 26.2 Å². The molecule has 0 aromatic carbocycles. The number of anilines is 1. The lowest BCUT2D eigenvalue weighted by Crippen LogP contribution is -2.49. The van der Waals surface area contributed by atoms with Crippen LogP contribution in [-0.2, 0) is 9.53 Å². The molecule has 174 valence electrons. The van der Waals surface area contributed by atoms with Gasteiger partial charge in [0.2, 0.25) is 11.9 Å². The maximum absolute atomic E-state index is 12.6. The van der Waals surface area contributed by atoms with E-state index >= 15 is 0 Å². The van der Waals surface area contributed by atoms with Gasteiger partial charge >= 0.3 is 0 Å². The van der Waals surface area contributed by atoms with Crippen LogP contribution in [-0.4, -0.2) is 97.7 Å². The molecule has 1 N–H and O–H groups in total. The predicted molar refractivity (Wildman–Crippen MR) is 133 cm³/mol. The monoisotopic (exact) mass is 545 g/mol. The standard InChI is InChI=1S/C21H35N7O2.HI/c1-3-22-20(26(2)15-16-30-17-18-5-6-18)25-10-7-19(29)27-11-13-28(14-12-27)21-23-8-4-9-24-21;/h4,8-9,18H,3,5-7,10-17H2,1-2H3,(H,22,25);1H. The van der Waals surface area contributed by atoms with E-state index in [0.717, 1.165) is 50.6 Å². The summed E-state index contributed by atoms with van der Waals surface area (Å²) in [5.74, 6) is 2.49. The van der Waals surface area contributed by atoms with E-state index in [1.54, 1.807) is 12.4 Å². The summed E-state index contributed by atoms with van der Waals surface area (Å²) in [6.07, 6.45) is 6.53. The second-order valence-corrected chi connectivity index (χ2v) is 7.84. The van der Waals surface area contributed by atoms with E-state index in [4.69, 9.17) is 4.74 Å². The van der Waals surface area contributed by atoms with Gasteiger partial charge in [0.1, 0.15) is 0 Å². The Morgan fingerprint density at radius 2 is 1.97 bits per heavy atom. The zero-order chi connectivity index (χ0) is 21.2. The summed E-state index contributed by atoms with van der Waals surface area (Å²) in [5, 5.41) is 3.30. The summed E-state index contributed by atoms with van der Waals surface area (Å²) >= 11 is 0. The predicted octanol–water partition coefficient (Wildman–Crippen LogP) is 1.46. The smallest absolute Gasteiger partial charge is 0.225 e. The minimum atomic E-state index is 0. The molecule has 10 heteroatoms. The Hall–Kier alpha value is -1.69. The molecule has 3 rings (SSSR count). The molecule has 0 spiro atoms. The van der Waals surface area contributed by atoms with E-state index < -0.39 is 0 Å². The van der Waals surface area contributed by atoms with Crippen molar-refractivity contribution in [2.24, 2.45) is 10.9 Å². The van der Waals surface area contributed by atoms with Crippen LogP contribution < -0.4 is 10.2 Å². The first kappa shape index (κ1) is 25.6. The van der Waals surface area contributed by atoms with Gasteiger partial charge in [-0.2, -0.15) is 0 Å². The highest BCUT2D eigenvalue weighted by Crippen LogP contribution is 2.28. The molecule has 1 aliphatic heterocycles. The van der Waals surface area contributed by atoms with Crippen molar-refractivity contribution in [3.05, 3.63) is 18.5 Å². The first-order chi connectivity index (χ1) is 14.7. The number of aliphatic imine (C=N–C) groups is 1. The summed E-state index contributed by atoms with van der Waals surface area (Å²) in [6.45, 7) is 8.59. The topological polar surface area (TPSA) is 86.2 Å². The number of carbonyl (C=O) groups is 1. The molecule has 9 nitrogen and oxygen atoms in total. The molecule has 0 atom stereocenters. The maximum atomic E-state index is 12.6. The van der Waals surface area contributed by atoms with Gasteiger partial charge in [-0.25, -0.2) is 9.97 Å². The summed E-state index contributed by atoms with van der Waals surface area (Å²) in [6, 6.07) is 1.81. The Kier molecular flexibility index (Phi) is 11.3. The minimum absolute atomic E-state index is 0. The SMILES string of the molecule is CCNC(=NCCC(=O)N1CCN(c2ncccn2)CC1)N(C)CCOCC1CC1.I. The third-order valence-corrected chi connectivity index (χ3v) is 5.37. The van der Waals surface area contributed by atoms with Crippen molar-refractivity contribution in [3.63, 3.8) is 0 Å². The van der Waals surface area contributed by atoms with E-state index in [-0.39, 0.29) is 29.9 Å². The highest BCUT2D eigenvalue weighted by Gasteiger charge is 2.22. The van der Waals surface area contributed by atoms with Gasteiger partial charge in [0, 0.05) is 71.7 Å². The summed E-state index contributed by atoms with van der Waals surface area (Å²) in [4.78, 5) is 31.9. The first-order valence-electron chi connectivity index (χ1n) is 11.0. The van der Waals surface area contributed by atoms with Crippen LogP contribution in [0, 0.1) is 5.92 Å². The third-order valence-electron chi connectivity index (χ3n) is 5.37. The summed E-state index contributed by atoms with van der Waals surface area (Å²) < 4.78 is 5.72. The van der Waals surface area contributed by atoms with E-state index in [0.29, 0.717) is 32.7 Å². The van der Waals surface area contributed by atoms with Gasteiger partial charge in [0.05, 0.1) is 13.2 Å². The average Bonchev–Trinajstić information content (AvgIpc) is 3.61. The Bertz CT molecular complexity index is 680. The van der Waals surface area contributed by atoms with Crippen LogP contribution in [0.3, 0.4) is 0 Å². The molecule has 1 aromatic rings. The number of carbonyl (C=O) groups excluding carboxylic acids is 1. The molecule has 1 saturated carbocycles. The number of nitrogens with one attached hydrogen (secondary N) is 1. The zero-order valence-electron chi connectivity index (χ0n) is 18.7. The fourth-order valence-corrected chi connectivity index (χ4v) is 3.34. The van der Waals surface area contributed by atoms with Gasteiger partial charge in [-0.15, -0.1) is 24.0 Å². The fraction of sp³-hybridized carbons (Fsp3) is 0.714. The van der Waals surface area contributed by atoms with E-state index in [1.807, 2.05) is 24.9 Å². The van der Waals surface area contributed by atoms with E-state index in [2.05, 4.69) is 30.1 Å². The molecule has 1 aromatic heterocycles. The molecule has 1 saturated heterocycles. The molecule has 0 radical (unpaired) electrons. The van der Waals surface area contributed by atoms with Crippen LogP contribution in [0.15, 0.2) is 23.5 Å². The minimum Gasteiger partial charge on any atom is -0.379 e. The van der Waals surface area contributed by atoms with Gasteiger partial charge in [-0.1, -0.05) is 0 Å². The number of guanidine groups is 1. The van der Waals surface area contributed by atoms with Crippen molar-refractivity contribution in [1.29, 1.82) is 0 Å². The maximum Gasteiger partial charge on any atom is 0.225 e. The van der Waals surface area contributed by atoms with Gasteiger partial charge < -0.3 is 24.8 Å². The van der Waals surface area contributed by atoms with Crippen molar-refractivity contribution in [1.82, 2.24) is 25.1 Å². The quantitative estimate of drug-likeness (QED) is 0.206. The average molecular weight is 545 g/mol. The Balaban J connectivity index is 0.00000341. The number of likely N-dealkylation sites (N-methyl/N-ethyl adjacent to an activating group) is 1. The number of rotatable bonds is 10. The normalized spacial score (nSPS) is 16.6. The number of amides is 1. The number of ether oxygens (including phenoxy) is 1.